The molecule has 0 aliphatic heterocycles. The number of halogens is 1. The minimum absolute atomic E-state index is 0.0414. The predicted octanol–water partition coefficient (Wildman–Crippen LogP) is 3.75. The quantitative estimate of drug-likeness (QED) is 0.680. The van der Waals surface area contributed by atoms with Gasteiger partial charge in [0.1, 0.15) is 6.20 Å². The first kappa shape index (κ1) is 14.9. The smallest absolute Gasteiger partial charge is 0.291 e. The molecule has 2 rings (SSSR count). The van der Waals surface area contributed by atoms with Crippen LogP contribution in [-0.4, -0.2) is 15.9 Å². The molecule has 0 bridgehead atoms. The van der Waals surface area contributed by atoms with Crippen LogP contribution in [0.4, 0.5) is 5.69 Å². The topological polar surface area (TPSA) is 82.0 Å². The van der Waals surface area contributed by atoms with Gasteiger partial charge in [0.05, 0.1) is 10.4 Å². The third-order valence-electron chi connectivity index (χ3n) is 3.49. The van der Waals surface area contributed by atoms with Gasteiger partial charge in [0.15, 0.2) is 0 Å². The third-order valence-corrected chi connectivity index (χ3v) is 3.99. The van der Waals surface area contributed by atoms with Gasteiger partial charge in [-0.2, -0.15) is 0 Å². The molecule has 0 aliphatic rings. The Balaban J connectivity index is 2.83. The minimum atomic E-state index is -0.381. The van der Waals surface area contributed by atoms with Gasteiger partial charge in [-0.05, 0) is 31.5 Å². The summed E-state index contributed by atoms with van der Waals surface area (Å²) in [6, 6.07) is 5.43. The fraction of sp³-hybridized carbons (Fsp3) is 0.357. The van der Waals surface area contributed by atoms with Gasteiger partial charge in [-0.15, -0.1) is 0 Å². The molecule has 2 aromatic rings. The summed E-state index contributed by atoms with van der Waals surface area (Å²) in [5.41, 5.74) is 7.49. The fourth-order valence-corrected chi connectivity index (χ4v) is 2.91. The lowest BCUT2D eigenvalue weighted by atomic mass is 9.87. The number of nitrogens with zero attached hydrogens (tertiary/aromatic N) is 2. The van der Waals surface area contributed by atoms with Crippen molar-refractivity contribution in [2.24, 2.45) is 5.73 Å². The van der Waals surface area contributed by atoms with Gasteiger partial charge in [0.25, 0.3) is 5.69 Å². The summed E-state index contributed by atoms with van der Waals surface area (Å²) >= 11 is 3.41. The molecule has 1 heterocycles. The molecule has 5 nitrogen and oxygen atoms in total. The van der Waals surface area contributed by atoms with Crippen LogP contribution in [0.25, 0.3) is 10.9 Å². The molecule has 1 aromatic carbocycles. The average Bonchev–Trinajstić information content (AvgIpc) is 2.39. The Kier molecular flexibility index (Phi) is 4.35. The highest BCUT2D eigenvalue weighted by molar-refractivity contribution is 9.10. The van der Waals surface area contributed by atoms with Crippen LogP contribution < -0.4 is 5.73 Å². The molecule has 0 spiro atoms. The van der Waals surface area contributed by atoms with Crippen molar-refractivity contribution in [2.45, 2.75) is 32.2 Å². The van der Waals surface area contributed by atoms with E-state index in [1.807, 2.05) is 32.0 Å². The molecule has 0 fully saturated rings. The van der Waals surface area contributed by atoms with Crippen molar-refractivity contribution in [3.05, 3.63) is 44.5 Å². The van der Waals surface area contributed by atoms with Crippen LogP contribution in [0.2, 0.25) is 0 Å². The van der Waals surface area contributed by atoms with Crippen LogP contribution in [0.3, 0.4) is 0 Å². The Morgan fingerprint density at radius 2 is 2.20 bits per heavy atom. The maximum Gasteiger partial charge on any atom is 0.291 e. The van der Waals surface area contributed by atoms with Crippen molar-refractivity contribution < 1.29 is 4.92 Å². The maximum atomic E-state index is 11.3. The first-order valence-electron chi connectivity index (χ1n) is 6.43. The summed E-state index contributed by atoms with van der Waals surface area (Å²) in [4.78, 5) is 15.1. The zero-order valence-corrected chi connectivity index (χ0v) is 12.9. The highest BCUT2D eigenvalue weighted by atomic mass is 79.9. The molecular formula is C14H16BrN3O2. The molecule has 0 saturated heterocycles. The second kappa shape index (κ2) is 5.85. The van der Waals surface area contributed by atoms with Crippen LogP contribution in [0.5, 0.6) is 0 Å². The number of fused-ring (bicyclic) bond motifs is 1. The summed E-state index contributed by atoms with van der Waals surface area (Å²) in [7, 11) is 0. The molecule has 1 aromatic heterocycles. The highest BCUT2D eigenvalue weighted by Crippen LogP contribution is 2.36. The molecule has 2 unspecified atom stereocenters. The molecule has 106 valence electrons. The number of hydrogen-bond donors (Lipinski definition) is 1. The lowest BCUT2D eigenvalue weighted by Gasteiger charge is -2.21. The van der Waals surface area contributed by atoms with E-state index >= 15 is 0 Å². The molecule has 0 radical (unpaired) electrons. The van der Waals surface area contributed by atoms with Gasteiger partial charge < -0.3 is 5.73 Å². The zero-order chi connectivity index (χ0) is 14.9. The van der Waals surface area contributed by atoms with Gasteiger partial charge in [0, 0.05) is 27.4 Å². The van der Waals surface area contributed by atoms with E-state index in [1.165, 1.54) is 6.20 Å². The van der Waals surface area contributed by atoms with Crippen LogP contribution in [-0.2, 0) is 0 Å². The SMILES string of the molecule is CCC(c1c([N+](=O)[O-])cnc2ccc(Br)cc12)C(C)N. The van der Waals surface area contributed by atoms with Crippen LogP contribution >= 0.6 is 15.9 Å². The number of nitro groups is 1. The molecule has 0 saturated carbocycles. The Hall–Kier alpha value is -1.53. The minimum Gasteiger partial charge on any atom is -0.327 e. The lowest BCUT2D eigenvalue weighted by Crippen LogP contribution is -2.25. The molecule has 2 N–H and O–H groups in total. The van der Waals surface area contributed by atoms with Crippen LogP contribution in [0.1, 0.15) is 31.7 Å². The number of aromatic nitrogens is 1. The van der Waals surface area contributed by atoms with E-state index in [9.17, 15) is 10.1 Å². The highest BCUT2D eigenvalue weighted by Gasteiger charge is 2.27. The van der Waals surface area contributed by atoms with Crippen molar-refractivity contribution in [3.8, 4) is 0 Å². The van der Waals surface area contributed by atoms with Gasteiger partial charge in [-0.25, -0.2) is 4.98 Å². The zero-order valence-electron chi connectivity index (χ0n) is 11.3. The Bertz CT molecular complexity index is 658. The number of hydrogen-bond acceptors (Lipinski definition) is 4. The van der Waals surface area contributed by atoms with E-state index in [0.717, 1.165) is 21.8 Å². The predicted molar refractivity (Wildman–Crippen MR) is 82.8 cm³/mol. The van der Waals surface area contributed by atoms with Crippen molar-refractivity contribution in [1.82, 2.24) is 4.98 Å². The van der Waals surface area contributed by atoms with Crippen LogP contribution in [0, 0.1) is 10.1 Å². The van der Waals surface area contributed by atoms with E-state index in [4.69, 9.17) is 5.73 Å². The molecule has 2 atom stereocenters. The monoisotopic (exact) mass is 337 g/mol. The third kappa shape index (κ3) is 2.66. The van der Waals surface area contributed by atoms with E-state index < -0.39 is 0 Å². The molecule has 0 amide bonds. The van der Waals surface area contributed by atoms with Gasteiger partial charge in [-0.3, -0.25) is 10.1 Å². The van der Waals surface area contributed by atoms with Crippen molar-refractivity contribution in [1.29, 1.82) is 0 Å². The Morgan fingerprint density at radius 3 is 2.75 bits per heavy atom. The van der Waals surface area contributed by atoms with E-state index in [1.54, 1.807) is 0 Å². The first-order chi connectivity index (χ1) is 9.45. The Morgan fingerprint density at radius 1 is 1.50 bits per heavy atom. The number of pyridine rings is 1. The molecular weight excluding hydrogens is 322 g/mol. The summed E-state index contributed by atoms with van der Waals surface area (Å²) in [6.07, 6.45) is 2.07. The molecule has 20 heavy (non-hydrogen) atoms. The number of nitrogens with two attached hydrogens (primary N) is 1. The standard InChI is InChI=1S/C14H16BrN3O2/c1-3-10(8(2)16)14-11-6-9(15)4-5-12(11)17-7-13(14)18(19)20/h4-8,10H,3,16H2,1-2H3. The molecule has 6 heteroatoms. The second-order valence-corrected chi connectivity index (χ2v) is 5.77. The summed E-state index contributed by atoms with van der Waals surface area (Å²) in [5.74, 6) is -0.0739. The van der Waals surface area contributed by atoms with Crippen LogP contribution in [0.15, 0.2) is 28.9 Å². The maximum absolute atomic E-state index is 11.3. The normalized spacial score (nSPS) is 14.2. The van der Waals surface area contributed by atoms with Crippen molar-refractivity contribution >= 4 is 32.5 Å². The average molecular weight is 338 g/mol. The van der Waals surface area contributed by atoms with Gasteiger partial charge in [0.2, 0.25) is 0 Å². The largest absolute Gasteiger partial charge is 0.327 e. The summed E-state index contributed by atoms with van der Waals surface area (Å²) in [5, 5.41) is 12.1. The number of rotatable bonds is 4. The van der Waals surface area contributed by atoms with E-state index in [2.05, 4.69) is 20.9 Å². The second-order valence-electron chi connectivity index (χ2n) is 4.85. The lowest BCUT2D eigenvalue weighted by molar-refractivity contribution is -0.385. The van der Waals surface area contributed by atoms with Crippen molar-refractivity contribution in [3.63, 3.8) is 0 Å². The fourth-order valence-electron chi connectivity index (χ4n) is 2.55. The number of benzene rings is 1. The Labute approximate surface area is 125 Å². The summed E-state index contributed by atoms with van der Waals surface area (Å²) in [6.45, 7) is 3.87. The van der Waals surface area contributed by atoms with E-state index in [0.29, 0.717) is 5.56 Å². The summed E-state index contributed by atoms with van der Waals surface area (Å²) < 4.78 is 0.869. The molecule has 0 aliphatic carbocycles. The first-order valence-corrected chi connectivity index (χ1v) is 7.23. The van der Waals surface area contributed by atoms with E-state index in [-0.39, 0.29) is 22.6 Å². The van der Waals surface area contributed by atoms with Crippen molar-refractivity contribution in [2.75, 3.05) is 0 Å². The van der Waals surface area contributed by atoms with Gasteiger partial charge >= 0.3 is 0 Å². The van der Waals surface area contributed by atoms with Gasteiger partial charge in [-0.1, -0.05) is 22.9 Å².